The maximum atomic E-state index is 5.36. The first-order valence-electron chi connectivity index (χ1n) is 6.39. The van der Waals surface area contributed by atoms with Crippen LogP contribution in [-0.4, -0.2) is 26.3 Å². The monoisotopic (exact) mass is 260 g/mol. The fourth-order valence-corrected chi connectivity index (χ4v) is 2.40. The molecule has 0 aliphatic heterocycles. The van der Waals surface area contributed by atoms with Gasteiger partial charge in [-0.1, -0.05) is 6.92 Å². The van der Waals surface area contributed by atoms with Crippen molar-refractivity contribution in [1.82, 2.24) is 4.98 Å². The van der Waals surface area contributed by atoms with Crippen LogP contribution in [0.15, 0.2) is 12.1 Å². The van der Waals surface area contributed by atoms with E-state index in [0.717, 1.165) is 34.5 Å². The van der Waals surface area contributed by atoms with Crippen molar-refractivity contribution in [3.63, 3.8) is 0 Å². The Morgan fingerprint density at radius 3 is 2.32 bits per heavy atom. The molecule has 0 radical (unpaired) electrons. The normalized spacial score (nSPS) is 10.6. The lowest BCUT2D eigenvalue weighted by Crippen LogP contribution is -2.02. The highest BCUT2D eigenvalue weighted by Crippen LogP contribution is 2.36. The van der Waals surface area contributed by atoms with Gasteiger partial charge in [0.15, 0.2) is 11.5 Å². The third kappa shape index (κ3) is 2.18. The molecule has 1 heterocycles. The molecule has 1 aromatic carbocycles. The molecule has 0 aliphatic carbocycles. The number of hydrogen-bond donors (Lipinski definition) is 1. The zero-order valence-corrected chi connectivity index (χ0v) is 12.1. The molecule has 4 nitrogen and oxygen atoms in total. The first-order valence-corrected chi connectivity index (χ1v) is 6.39. The van der Waals surface area contributed by atoms with Crippen LogP contribution >= 0.6 is 0 Å². The van der Waals surface area contributed by atoms with E-state index in [2.05, 4.69) is 19.2 Å². The molecule has 0 aliphatic rings. The quantitative estimate of drug-likeness (QED) is 0.917. The van der Waals surface area contributed by atoms with Crippen molar-refractivity contribution in [3.8, 4) is 11.5 Å². The van der Waals surface area contributed by atoms with Gasteiger partial charge in [0.2, 0.25) is 0 Å². The van der Waals surface area contributed by atoms with Crippen LogP contribution in [0.1, 0.15) is 18.2 Å². The van der Waals surface area contributed by atoms with Gasteiger partial charge < -0.3 is 14.8 Å². The maximum absolute atomic E-state index is 5.36. The highest BCUT2D eigenvalue weighted by atomic mass is 16.5. The number of pyridine rings is 1. The van der Waals surface area contributed by atoms with Crippen molar-refractivity contribution in [3.05, 3.63) is 23.4 Å². The van der Waals surface area contributed by atoms with Crippen LogP contribution in [0.25, 0.3) is 10.9 Å². The number of aryl methyl sites for hydroxylation is 1. The van der Waals surface area contributed by atoms with Gasteiger partial charge in [0.1, 0.15) is 0 Å². The average molecular weight is 260 g/mol. The Morgan fingerprint density at radius 1 is 1.16 bits per heavy atom. The summed E-state index contributed by atoms with van der Waals surface area (Å²) in [5, 5.41) is 4.32. The van der Waals surface area contributed by atoms with Crippen LogP contribution in [0, 0.1) is 6.92 Å². The lowest BCUT2D eigenvalue weighted by atomic mass is 10.0. The number of aromatic nitrogens is 1. The fraction of sp³-hybridized carbons (Fsp3) is 0.400. The van der Waals surface area contributed by atoms with Crippen molar-refractivity contribution in [2.75, 3.05) is 26.6 Å². The second-order valence-electron chi connectivity index (χ2n) is 4.39. The summed E-state index contributed by atoms with van der Waals surface area (Å²) in [6.45, 7) is 4.20. The molecule has 1 N–H and O–H groups in total. The lowest BCUT2D eigenvalue weighted by Gasteiger charge is -2.15. The molecule has 4 heteroatoms. The van der Waals surface area contributed by atoms with Gasteiger partial charge in [0.05, 0.1) is 19.7 Å². The number of nitrogens with zero attached hydrogens (tertiary/aromatic N) is 1. The minimum absolute atomic E-state index is 0.704. The van der Waals surface area contributed by atoms with Crippen LogP contribution in [-0.2, 0) is 6.42 Å². The largest absolute Gasteiger partial charge is 0.493 e. The van der Waals surface area contributed by atoms with Crippen LogP contribution < -0.4 is 14.8 Å². The van der Waals surface area contributed by atoms with Crippen molar-refractivity contribution < 1.29 is 9.47 Å². The van der Waals surface area contributed by atoms with Crippen molar-refractivity contribution in [1.29, 1.82) is 0 Å². The molecular weight excluding hydrogens is 240 g/mol. The van der Waals surface area contributed by atoms with E-state index in [1.54, 1.807) is 14.2 Å². The summed E-state index contributed by atoms with van der Waals surface area (Å²) in [6, 6.07) is 3.90. The predicted molar refractivity (Wildman–Crippen MR) is 78.5 cm³/mol. The molecule has 0 bridgehead atoms. The van der Waals surface area contributed by atoms with Crippen molar-refractivity contribution in [2.45, 2.75) is 20.3 Å². The Morgan fingerprint density at radius 2 is 1.79 bits per heavy atom. The number of nitrogens with one attached hydrogen (secondary N) is 1. The molecule has 0 fully saturated rings. The first-order chi connectivity index (χ1) is 9.15. The Balaban J connectivity index is 2.83. The molecule has 1 aromatic heterocycles. The molecule has 0 saturated carbocycles. The summed E-state index contributed by atoms with van der Waals surface area (Å²) in [6.07, 6.45) is 0.908. The zero-order chi connectivity index (χ0) is 14.0. The van der Waals surface area contributed by atoms with Crippen LogP contribution in [0.5, 0.6) is 11.5 Å². The second kappa shape index (κ2) is 5.34. The minimum Gasteiger partial charge on any atom is -0.493 e. The maximum Gasteiger partial charge on any atom is 0.162 e. The minimum atomic E-state index is 0.704. The topological polar surface area (TPSA) is 43.4 Å². The smallest absolute Gasteiger partial charge is 0.162 e. The van der Waals surface area contributed by atoms with E-state index >= 15 is 0 Å². The summed E-state index contributed by atoms with van der Waals surface area (Å²) in [7, 11) is 5.21. The number of fused-ring (bicyclic) bond motifs is 1. The molecule has 19 heavy (non-hydrogen) atoms. The van der Waals surface area contributed by atoms with Crippen molar-refractivity contribution in [2.24, 2.45) is 0 Å². The Hall–Kier alpha value is -1.97. The lowest BCUT2D eigenvalue weighted by molar-refractivity contribution is 0.356. The van der Waals surface area contributed by atoms with Crippen LogP contribution in [0.2, 0.25) is 0 Å². The van der Waals surface area contributed by atoms with E-state index in [-0.39, 0.29) is 0 Å². The van der Waals surface area contributed by atoms with Crippen molar-refractivity contribution >= 4 is 16.6 Å². The predicted octanol–water partition coefficient (Wildman–Crippen LogP) is 3.16. The molecule has 0 atom stereocenters. The zero-order valence-electron chi connectivity index (χ0n) is 12.1. The number of rotatable bonds is 4. The highest BCUT2D eigenvalue weighted by Gasteiger charge is 2.13. The molecule has 102 valence electrons. The van der Waals surface area contributed by atoms with Crippen LogP contribution in [0.4, 0.5) is 5.69 Å². The fourth-order valence-electron chi connectivity index (χ4n) is 2.40. The average Bonchev–Trinajstić information content (AvgIpc) is 2.45. The van der Waals surface area contributed by atoms with E-state index in [9.17, 15) is 0 Å². The molecule has 0 unspecified atom stereocenters. The second-order valence-corrected chi connectivity index (χ2v) is 4.39. The van der Waals surface area contributed by atoms with E-state index in [0.29, 0.717) is 5.75 Å². The number of methoxy groups -OCH3 is 2. The first kappa shape index (κ1) is 13.5. The van der Waals surface area contributed by atoms with E-state index in [1.165, 1.54) is 5.56 Å². The molecule has 2 rings (SSSR count). The van der Waals surface area contributed by atoms with Gasteiger partial charge in [-0.05, 0) is 25.0 Å². The summed E-state index contributed by atoms with van der Waals surface area (Å²) in [5.74, 6) is 1.42. The number of hydrogen-bond acceptors (Lipinski definition) is 4. The summed E-state index contributed by atoms with van der Waals surface area (Å²) in [5.41, 5.74) is 4.31. The van der Waals surface area contributed by atoms with Gasteiger partial charge in [0.25, 0.3) is 0 Å². The molecule has 0 saturated heterocycles. The van der Waals surface area contributed by atoms with Gasteiger partial charge in [-0.15, -0.1) is 0 Å². The Kier molecular flexibility index (Phi) is 3.79. The summed E-state index contributed by atoms with van der Waals surface area (Å²) >= 11 is 0. The summed E-state index contributed by atoms with van der Waals surface area (Å²) in [4.78, 5) is 4.71. The highest BCUT2D eigenvalue weighted by molar-refractivity contribution is 5.95. The van der Waals surface area contributed by atoms with Gasteiger partial charge in [-0.25, -0.2) is 0 Å². The van der Waals surface area contributed by atoms with E-state index in [1.807, 2.05) is 19.2 Å². The van der Waals surface area contributed by atoms with Gasteiger partial charge in [-0.2, -0.15) is 0 Å². The molecule has 0 amide bonds. The summed E-state index contributed by atoms with van der Waals surface area (Å²) < 4.78 is 10.7. The number of ether oxygens (including phenoxy) is 2. The molecule has 0 spiro atoms. The van der Waals surface area contributed by atoms with Gasteiger partial charge in [0, 0.05) is 29.9 Å². The van der Waals surface area contributed by atoms with Gasteiger partial charge >= 0.3 is 0 Å². The third-order valence-corrected chi connectivity index (χ3v) is 3.42. The molecular formula is C15H20N2O2. The Labute approximate surface area is 113 Å². The van der Waals surface area contributed by atoms with Gasteiger partial charge in [-0.3, -0.25) is 4.98 Å². The number of anilines is 1. The Bertz CT molecular complexity index is 609. The van der Waals surface area contributed by atoms with E-state index in [4.69, 9.17) is 14.5 Å². The SMILES string of the molecule is CCc1nc2cc(OC)c(OC)cc2c(NC)c1C. The third-order valence-electron chi connectivity index (χ3n) is 3.42. The standard InChI is InChI=1S/C15H20N2O2/c1-6-11-9(2)15(16-3)10-7-13(18-4)14(19-5)8-12(10)17-11/h7-8H,6H2,1-5H3,(H,16,17). The molecule has 2 aromatic rings. The number of benzene rings is 1. The van der Waals surface area contributed by atoms with Crippen LogP contribution in [0.3, 0.4) is 0 Å². The van der Waals surface area contributed by atoms with E-state index < -0.39 is 0 Å².